The average molecular weight is 532 g/mol. The summed E-state index contributed by atoms with van der Waals surface area (Å²) >= 11 is 0. The van der Waals surface area contributed by atoms with Gasteiger partial charge in [-0.05, 0) is 84.8 Å². The summed E-state index contributed by atoms with van der Waals surface area (Å²) in [5.74, 6) is 0. The summed E-state index contributed by atoms with van der Waals surface area (Å²) in [6.07, 6.45) is 0. The molecule has 0 saturated heterocycles. The fourth-order valence-corrected chi connectivity index (χ4v) is 8.21. The van der Waals surface area contributed by atoms with Crippen LogP contribution in [0.3, 0.4) is 0 Å². The molecule has 1 aliphatic heterocycles. The molecule has 1 heterocycles. The maximum absolute atomic E-state index is 3.82. The van der Waals surface area contributed by atoms with Crippen LogP contribution < -0.4 is 5.32 Å². The van der Waals surface area contributed by atoms with E-state index in [2.05, 4.69) is 151 Å². The summed E-state index contributed by atoms with van der Waals surface area (Å²) < 4.78 is 0. The van der Waals surface area contributed by atoms with Crippen LogP contribution in [0.4, 0.5) is 11.4 Å². The standard InChI is InChI=1S/C41H25N/c1-2-11-25(12-3-1)26-21-22-29-32-24-36-39(31-16-10-20-37(40(31)32)42-38(29)23-26)30-15-6-9-19-35(30)41(36)33-17-7-4-13-27(33)28-14-5-8-18-34(28)41/h1-24,42H. The third-order valence-electron chi connectivity index (χ3n) is 9.80. The first-order chi connectivity index (χ1) is 20.8. The van der Waals surface area contributed by atoms with Crippen molar-refractivity contribution < 1.29 is 0 Å². The summed E-state index contributed by atoms with van der Waals surface area (Å²) in [6.45, 7) is 0. The lowest BCUT2D eigenvalue weighted by Crippen LogP contribution is -2.26. The molecular formula is C41H25N. The highest BCUT2D eigenvalue weighted by Crippen LogP contribution is 2.65. The molecule has 7 aromatic carbocycles. The van der Waals surface area contributed by atoms with Crippen LogP contribution in [0.1, 0.15) is 22.3 Å². The second-order valence-electron chi connectivity index (χ2n) is 11.7. The summed E-state index contributed by atoms with van der Waals surface area (Å²) in [5, 5.41) is 6.45. The number of nitrogens with one attached hydrogen (secondary N) is 1. The first-order valence-electron chi connectivity index (χ1n) is 14.7. The van der Waals surface area contributed by atoms with Gasteiger partial charge in [0.05, 0.1) is 5.41 Å². The lowest BCUT2D eigenvalue weighted by molar-refractivity contribution is 0.794. The molecule has 0 saturated carbocycles. The monoisotopic (exact) mass is 531 g/mol. The molecule has 0 fully saturated rings. The van der Waals surface area contributed by atoms with Gasteiger partial charge in [-0.15, -0.1) is 0 Å². The molecule has 7 aromatic rings. The minimum atomic E-state index is -0.352. The molecule has 10 rings (SSSR count). The Morgan fingerprint density at radius 1 is 0.381 bits per heavy atom. The first-order valence-corrected chi connectivity index (χ1v) is 14.7. The van der Waals surface area contributed by atoms with Gasteiger partial charge >= 0.3 is 0 Å². The van der Waals surface area contributed by atoms with E-state index in [1.54, 1.807) is 0 Å². The number of hydrogen-bond acceptors (Lipinski definition) is 1. The van der Waals surface area contributed by atoms with Gasteiger partial charge in [0.25, 0.3) is 0 Å². The van der Waals surface area contributed by atoms with Crippen molar-refractivity contribution >= 4 is 22.1 Å². The van der Waals surface area contributed by atoms with E-state index in [1.165, 1.54) is 83.2 Å². The number of hydrogen-bond donors (Lipinski definition) is 1. The van der Waals surface area contributed by atoms with Crippen molar-refractivity contribution in [2.75, 3.05) is 5.32 Å². The molecule has 3 aliphatic rings. The van der Waals surface area contributed by atoms with E-state index in [4.69, 9.17) is 0 Å². The number of fused-ring (bicyclic) bond motifs is 13. The quantitative estimate of drug-likeness (QED) is 0.222. The van der Waals surface area contributed by atoms with Gasteiger partial charge in [0.15, 0.2) is 0 Å². The van der Waals surface area contributed by atoms with Crippen molar-refractivity contribution in [1.29, 1.82) is 0 Å². The number of rotatable bonds is 1. The number of anilines is 2. The maximum atomic E-state index is 3.82. The van der Waals surface area contributed by atoms with E-state index in [1.807, 2.05) is 0 Å². The molecule has 0 atom stereocenters. The lowest BCUT2D eigenvalue weighted by Gasteiger charge is -2.32. The summed E-state index contributed by atoms with van der Waals surface area (Å²) in [4.78, 5) is 0. The smallest absolute Gasteiger partial charge is 0.0725 e. The third kappa shape index (κ3) is 2.60. The van der Waals surface area contributed by atoms with Gasteiger partial charge < -0.3 is 5.32 Å². The van der Waals surface area contributed by atoms with Crippen LogP contribution in [0.2, 0.25) is 0 Å². The van der Waals surface area contributed by atoms with Crippen molar-refractivity contribution in [2.45, 2.75) is 5.41 Å². The zero-order valence-electron chi connectivity index (χ0n) is 22.9. The van der Waals surface area contributed by atoms with E-state index in [9.17, 15) is 0 Å². The van der Waals surface area contributed by atoms with Crippen LogP contribution >= 0.6 is 0 Å². The van der Waals surface area contributed by atoms with E-state index >= 15 is 0 Å². The maximum Gasteiger partial charge on any atom is 0.0725 e. The Labute approximate surface area is 244 Å². The average Bonchev–Trinajstić information content (AvgIpc) is 3.52. The van der Waals surface area contributed by atoms with Crippen LogP contribution in [0.5, 0.6) is 0 Å². The Balaban J connectivity index is 1.34. The molecule has 194 valence electrons. The molecule has 0 unspecified atom stereocenters. The van der Waals surface area contributed by atoms with Crippen molar-refractivity contribution in [3.05, 3.63) is 168 Å². The van der Waals surface area contributed by atoms with E-state index < -0.39 is 0 Å². The number of benzene rings is 7. The van der Waals surface area contributed by atoms with Gasteiger partial charge in [-0.3, -0.25) is 0 Å². The fraction of sp³-hybridized carbons (Fsp3) is 0.0244. The van der Waals surface area contributed by atoms with E-state index in [-0.39, 0.29) is 5.41 Å². The van der Waals surface area contributed by atoms with Gasteiger partial charge in [0, 0.05) is 22.3 Å². The molecule has 1 heteroatoms. The van der Waals surface area contributed by atoms with Crippen LogP contribution in [0.25, 0.3) is 55.3 Å². The molecule has 2 aliphatic carbocycles. The highest BCUT2D eigenvalue weighted by Gasteiger charge is 2.52. The Hall–Kier alpha value is -5.40. The Morgan fingerprint density at radius 3 is 1.76 bits per heavy atom. The summed E-state index contributed by atoms with van der Waals surface area (Å²) in [7, 11) is 0. The highest BCUT2D eigenvalue weighted by molar-refractivity contribution is 6.18. The topological polar surface area (TPSA) is 12.0 Å². The van der Waals surface area contributed by atoms with Crippen molar-refractivity contribution in [1.82, 2.24) is 0 Å². The predicted octanol–water partition coefficient (Wildman–Crippen LogP) is 10.6. The second-order valence-corrected chi connectivity index (χ2v) is 11.7. The molecule has 1 N–H and O–H groups in total. The molecular weight excluding hydrogens is 506 g/mol. The highest BCUT2D eigenvalue weighted by atomic mass is 14.9. The van der Waals surface area contributed by atoms with Crippen LogP contribution in [0, 0.1) is 0 Å². The fourth-order valence-electron chi connectivity index (χ4n) is 8.21. The molecule has 1 nitrogen and oxygen atoms in total. The predicted molar refractivity (Wildman–Crippen MR) is 174 cm³/mol. The van der Waals surface area contributed by atoms with E-state index in [0.717, 1.165) is 5.69 Å². The van der Waals surface area contributed by atoms with E-state index in [0.29, 0.717) is 0 Å². The van der Waals surface area contributed by atoms with Gasteiger partial charge in [-0.1, -0.05) is 127 Å². The van der Waals surface area contributed by atoms with Gasteiger partial charge in [0.2, 0.25) is 0 Å². The summed E-state index contributed by atoms with van der Waals surface area (Å²) in [5.41, 5.74) is 17.9. The Kier molecular flexibility index (Phi) is 4.18. The zero-order valence-corrected chi connectivity index (χ0v) is 22.9. The molecule has 1 spiro atoms. The molecule has 0 aromatic heterocycles. The van der Waals surface area contributed by atoms with Crippen molar-refractivity contribution in [3.63, 3.8) is 0 Å². The minimum Gasteiger partial charge on any atom is -0.354 e. The zero-order chi connectivity index (χ0) is 27.4. The molecule has 0 bridgehead atoms. The largest absolute Gasteiger partial charge is 0.354 e. The van der Waals surface area contributed by atoms with Gasteiger partial charge in [0.1, 0.15) is 0 Å². The van der Waals surface area contributed by atoms with Crippen LogP contribution in [-0.4, -0.2) is 0 Å². The van der Waals surface area contributed by atoms with Gasteiger partial charge in [-0.25, -0.2) is 0 Å². The lowest BCUT2D eigenvalue weighted by atomic mass is 9.70. The SMILES string of the molecule is c1ccc(-c2ccc3c(c2)Nc2cccc4c5c(cc-3c24)C2(c3ccccc3-c3ccccc32)c2ccccc2-5)cc1. The molecule has 42 heavy (non-hydrogen) atoms. The molecule has 0 amide bonds. The molecule has 0 radical (unpaired) electrons. The Bertz CT molecular complexity index is 2230. The normalized spacial score (nSPS) is 14.1. The first kappa shape index (κ1) is 22.3. The van der Waals surface area contributed by atoms with Crippen molar-refractivity contribution in [3.8, 4) is 44.5 Å². The minimum absolute atomic E-state index is 0.352. The second kappa shape index (κ2) is 7.87. The third-order valence-corrected chi connectivity index (χ3v) is 9.80. The van der Waals surface area contributed by atoms with Crippen LogP contribution in [0.15, 0.2) is 146 Å². The van der Waals surface area contributed by atoms with Crippen LogP contribution in [-0.2, 0) is 5.41 Å². The van der Waals surface area contributed by atoms with Gasteiger partial charge in [-0.2, -0.15) is 0 Å². The summed E-state index contributed by atoms with van der Waals surface area (Å²) in [6, 6.07) is 54.0. The van der Waals surface area contributed by atoms with Crippen molar-refractivity contribution in [2.24, 2.45) is 0 Å². The Morgan fingerprint density at radius 2 is 1.02 bits per heavy atom.